The smallest absolute Gasteiger partial charge is 0.337 e. The van der Waals surface area contributed by atoms with Crippen LogP contribution in [-0.4, -0.2) is 69.6 Å². The molecule has 1 fully saturated rings. The predicted molar refractivity (Wildman–Crippen MR) is 103 cm³/mol. The molecule has 1 N–H and O–H groups in total. The molecule has 0 unspecified atom stereocenters. The van der Waals surface area contributed by atoms with Crippen molar-refractivity contribution in [3.8, 4) is 0 Å². The van der Waals surface area contributed by atoms with E-state index in [9.17, 15) is 22.8 Å². The van der Waals surface area contributed by atoms with Crippen LogP contribution in [0.2, 0.25) is 0 Å². The van der Waals surface area contributed by atoms with Crippen molar-refractivity contribution >= 4 is 17.5 Å². The number of nitrogens with one attached hydrogen (secondary N) is 1. The summed E-state index contributed by atoms with van der Waals surface area (Å²) in [5.41, 5.74) is -1.14. The Bertz CT molecular complexity index is 898. The van der Waals surface area contributed by atoms with Crippen LogP contribution in [0.15, 0.2) is 30.9 Å². The third-order valence-electron chi connectivity index (χ3n) is 5.04. The summed E-state index contributed by atoms with van der Waals surface area (Å²) >= 11 is 0. The molecule has 0 radical (unpaired) electrons. The largest absolute Gasteiger partial charge is 0.416 e. The second-order valence-corrected chi connectivity index (χ2v) is 7.45. The normalized spacial score (nSPS) is 16.9. The Morgan fingerprint density at radius 2 is 1.90 bits per heavy atom. The number of likely N-dealkylation sites (N-methyl/N-ethyl adjacent to an activating group) is 1. The summed E-state index contributed by atoms with van der Waals surface area (Å²) in [6.45, 7) is 1.20. The summed E-state index contributed by atoms with van der Waals surface area (Å²) < 4.78 is 41.7. The number of hydrogen-bond donors (Lipinski definition) is 1. The summed E-state index contributed by atoms with van der Waals surface area (Å²) in [6, 6.07) is 3.12. The van der Waals surface area contributed by atoms with E-state index < -0.39 is 23.6 Å². The minimum absolute atomic E-state index is 0.0220. The van der Waals surface area contributed by atoms with E-state index in [1.165, 1.54) is 23.6 Å². The van der Waals surface area contributed by atoms with Crippen LogP contribution in [0, 0.1) is 0 Å². The van der Waals surface area contributed by atoms with Crippen LogP contribution in [0.5, 0.6) is 0 Å². The van der Waals surface area contributed by atoms with Crippen molar-refractivity contribution in [2.45, 2.75) is 31.6 Å². The molecule has 1 atom stereocenters. The lowest BCUT2D eigenvalue weighted by Crippen LogP contribution is -2.34. The molecule has 0 bridgehead atoms. The van der Waals surface area contributed by atoms with Gasteiger partial charge in [-0.15, -0.1) is 10.2 Å². The summed E-state index contributed by atoms with van der Waals surface area (Å²) in [7, 11) is 3.80. The first kappa shape index (κ1) is 21.8. The van der Waals surface area contributed by atoms with Gasteiger partial charge in [-0.25, -0.2) is 0 Å². The van der Waals surface area contributed by atoms with Crippen molar-refractivity contribution in [2.75, 3.05) is 32.5 Å². The van der Waals surface area contributed by atoms with Crippen LogP contribution < -0.4 is 5.32 Å². The Labute approximate surface area is 171 Å². The quantitative estimate of drug-likeness (QED) is 0.768. The second kappa shape index (κ2) is 8.82. The van der Waals surface area contributed by atoms with Gasteiger partial charge in [-0.2, -0.15) is 13.2 Å². The van der Waals surface area contributed by atoms with E-state index in [1.807, 2.05) is 19.0 Å². The standard InChI is InChI=1S/C19H23F3N6O2/c1-26(2)16-3-6-28(10-16)18(30)13-7-14(19(20,21)22)9-15(8-13)25-17(29)4-5-27-11-23-24-12-27/h7-9,11-12,16H,3-6,10H2,1-2H3,(H,25,29)/t16-/m1/s1. The number of likely N-dealkylation sites (tertiary alicyclic amines) is 1. The van der Waals surface area contributed by atoms with E-state index in [0.717, 1.165) is 18.6 Å². The molecule has 30 heavy (non-hydrogen) atoms. The molecule has 1 aromatic heterocycles. The van der Waals surface area contributed by atoms with Gasteiger partial charge in [0, 0.05) is 43.3 Å². The summed E-state index contributed by atoms with van der Waals surface area (Å²) in [6.07, 6.45) is -0.995. The third kappa shape index (κ3) is 5.35. The van der Waals surface area contributed by atoms with E-state index in [4.69, 9.17) is 0 Å². The van der Waals surface area contributed by atoms with E-state index in [0.29, 0.717) is 13.1 Å². The molecule has 162 valence electrons. The number of rotatable bonds is 6. The fraction of sp³-hybridized carbons (Fsp3) is 0.474. The Morgan fingerprint density at radius 3 is 2.50 bits per heavy atom. The van der Waals surface area contributed by atoms with Crippen molar-refractivity contribution in [1.82, 2.24) is 24.6 Å². The maximum absolute atomic E-state index is 13.4. The Kier molecular flexibility index (Phi) is 6.40. The molecule has 2 amide bonds. The van der Waals surface area contributed by atoms with Gasteiger partial charge in [0.15, 0.2) is 0 Å². The molecule has 1 aliphatic heterocycles. The first-order chi connectivity index (χ1) is 14.1. The van der Waals surface area contributed by atoms with Gasteiger partial charge in [-0.3, -0.25) is 9.59 Å². The maximum atomic E-state index is 13.4. The molecular weight excluding hydrogens is 401 g/mol. The van der Waals surface area contributed by atoms with Gasteiger partial charge in [0.1, 0.15) is 12.7 Å². The van der Waals surface area contributed by atoms with Crippen molar-refractivity contribution in [3.05, 3.63) is 42.0 Å². The zero-order valence-corrected chi connectivity index (χ0v) is 16.7. The zero-order valence-electron chi connectivity index (χ0n) is 16.7. The number of halogens is 3. The Morgan fingerprint density at radius 1 is 1.20 bits per heavy atom. The van der Waals surface area contributed by atoms with Crippen LogP contribution in [0.25, 0.3) is 0 Å². The molecule has 11 heteroatoms. The number of anilines is 1. The highest BCUT2D eigenvalue weighted by Gasteiger charge is 2.34. The van der Waals surface area contributed by atoms with Gasteiger partial charge < -0.3 is 19.7 Å². The van der Waals surface area contributed by atoms with Crippen LogP contribution in [0.3, 0.4) is 0 Å². The number of amides is 2. The predicted octanol–water partition coefficient (Wildman–Crippen LogP) is 2.10. The molecule has 1 aromatic carbocycles. The van der Waals surface area contributed by atoms with E-state index >= 15 is 0 Å². The topological polar surface area (TPSA) is 83.4 Å². The minimum Gasteiger partial charge on any atom is -0.337 e. The highest BCUT2D eigenvalue weighted by Crippen LogP contribution is 2.32. The molecular formula is C19H23F3N6O2. The average molecular weight is 424 g/mol. The first-order valence-electron chi connectivity index (χ1n) is 9.44. The molecule has 2 heterocycles. The fourth-order valence-corrected chi connectivity index (χ4v) is 3.31. The van der Waals surface area contributed by atoms with Crippen molar-refractivity contribution in [3.63, 3.8) is 0 Å². The number of aryl methyl sites for hydroxylation is 1. The highest BCUT2D eigenvalue weighted by molar-refractivity contribution is 5.97. The minimum atomic E-state index is -4.64. The molecule has 2 aromatic rings. The summed E-state index contributed by atoms with van der Waals surface area (Å²) in [5, 5.41) is 9.70. The van der Waals surface area contributed by atoms with Gasteiger partial charge in [-0.05, 0) is 38.7 Å². The monoisotopic (exact) mass is 424 g/mol. The van der Waals surface area contributed by atoms with Crippen molar-refractivity contribution in [1.29, 1.82) is 0 Å². The second-order valence-electron chi connectivity index (χ2n) is 7.45. The van der Waals surface area contributed by atoms with Crippen LogP contribution in [0.4, 0.5) is 18.9 Å². The third-order valence-corrected chi connectivity index (χ3v) is 5.04. The van der Waals surface area contributed by atoms with Crippen molar-refractivity contribution < 1.29 is 22.8 Å². The summed E-state index contributed by atoms with van der Waals surface area (Å²) in [5.74, 6) is -0.958. The van der Waals surface area contributed by atoms with Gasteiger partial charge in [-0.1, -0.05) is 0 Å². The Hall–Kier alpha value is -2.95. The average Bonchev–Trinajstić information content (AvgIpc) is 3.37. The summed E-state index contributed by atoms with van der Waals surface area (Å²) in [4.78, 5) is 28.5. The van der Waals surface area contributed by atoms with E-state index in [-0.39, 0.29) is 30.3 Å². The molecule has 0 spiro atoms. The SMILES string of the molecule is CN(C)[C@@H]1CCN(C(=O)c2cc(NC(=O)CCn3cnnc3)cc(C(F)(F)F)c2)C1. The lowest BCUT2D eigenvalue weighted by Gasteiger charge is -2.21. The number of aromatic nitrogens is 3. The molecule has 0 saturated carbocycles. The fourth-order valence-electron chi connectivity index (χ4n) is 3.31. The zero-order chi connectivity index (χ0) is 21.9. The van der Waals surface area contributed by atoms with Crippen LogP contribution >= 0.6 is 0 Å². The van der Waals surface area contributed by atoms with Gasteiger partial charge in [0.2, 0.25) is 5.91 Å². The van der Waals surface area contributed by atoms with Crippen LogP contribution in [0.1, 0.15) is 28.8 Å². The van der Waals surface area contributed by atoms with Gasteiger partial charge in [0.05, 0.1) is 5.56 Å². The molecule has 1 aliphatic rings. The number of hydrogen-bond acceptors (Lipinski definition) is 5. The molecule has 0 aliphatic carbocycles. The lowest BCUT2D eigenvalue weighted by molar-refractivity contribution is -0.137. The van der Waals surface area contributed by atoms with Crippen LogP contribution in [-0.2, 0) is 17.5 Å². The van der Waals surface area contributed by atoms with E-state index in [2.05, 4.69) is 15.5 Å². The molecule has 8 nitrogen and oxygen atoms in total. The van der Waals surface area contributed by atoms with Crippen molar-refractivity contribution in [2.24, 2.45) is 0 Å². The number of carbonyl (C=O) groups is 2. The molecule has 1 saturated heterocycles. The maximum Gasteiger partial charge on any atom is 0.416 e. The first-order valence-corrected chi connectivity index (χ1v) is 9.44. The van der Waals surface area contributed by atoms with E-state index in [1.54, 1.807) is 4.57 Å². The number of benzene rings is 1. The van der Waals surface area contributed by atoms with Gasteiger partial charge >= 0.3 is 6.18 Å². The molecule has 3 rings (SSSR count). The number of nitrogens with zero attached hydrogens (tertiary/aromatic N) is 5. The number of carbonyl (C=O) groups excluding carboxylic acids is 2. The lowest BCUT2D eigenvalue weighted by atomic mass is 10.1. The Balaban J connectivity index is 1.76. The number of alkyl halides is 3. The van der Waals surface area contributed by atoms with Gasteiger partial charge in [0.25, 0.3) is 5.91 Å². The highest BCUT2D eigenvalue weighted by atomic mass is 19.4.